The molecule has 0 radical (unpaired) electrons. The molecule has 0 spiro atoms. The Morgan fingerprint density at radius 3 is 2.13 bits per heavy atom. The predicted molar refractivity (Wildman–Crippen MR) is 60.5 cm³/mol. The number of carbonyl (C=O) groups is 1. The van der Waals surface area contributed by atoms with Crippen molar-refractivity contribution >= 4 is 5.91 Å². The number of nitrogens with zero attached hydrogens (tertiary/aromatic N) is 1. The molecule has 0 bridgehead atoms. The van der Waals surface area contributed by atoms with Crippen LogP contribution in [0.5, 0.6) is 0 Å². The Labute approximate surface area is 92.5 Å². The first-order valence-corrected chi connectivity index (χ1v) is 5.69. The van der Waals surface area contributed by atoms with Crippen LogP contribution in [0.2, 0.25) is 0 Å². The summed E-state index contributed by atoms with van der Waals surface area (Å²) in [5, 5.41) is 9.23. The van der Waals surface area contributed by atoms with Crippen molar-refractivity contribution in [1.29, 1.82) is 0 Å². The summed E-state index contributed by atoms with van der Waals surface area (Å²) < 4.78 is 0. The van der Waals surface area contributed by atoms with E-state index in [1.165, 1.54) is 0 Å². The Kier molecular flexibility index (Phi) is 3.44. The highest BCUT2D eigenvalue weighted by Gasteiger charge is 2.34. The van der Waals surface area contributed by atoms with Crippen molar-refractivity contribution in [2.24, 2.45) is 10.8 Å². The van der Waals surface area contributed by atoms with Gasteiger partial charge in [-0.3, -0.25) is 4.79 Å². The average Bonchev–Trinajstić information content (AvgIpc) is 2.17. The lowest BCUT2D eigenvalue weighted by Crippen LogP contribution is -2.47. The Balaban J connectivity index is 2.55. The van der Waals surface area contributed by atoms with Crippen LogP contribution < -0.4 is 0 Å². The molecule has 0 aromatic carbocycles. The molecule has 1 heterocycles. The van der Waals surface area contributed by atoms with E-state index in [9.17, 15) is 9.90 Å². The summed E-state index contributed by atoms with van der Waals surface area (Å²) in [5.41, 5.74) is -0.262. The van der Waals surface area contributed by atoms with Gasteiger partial charge in [0.2, 0.25) is 5.91 Å². The number of likely N-dealkylation sites (tertiary alicyclic amines) is 1. The summed E-state index contributed by atoms with van der Waals surface area (Å²) in [6.45, 7) is 9.75. The van der Waals surface area contributed by atoms with Crippen LogP contribution in [0.4, 0.5) is 0 Å². The third-order valence-corrected chi connectivity index (χ3v) is 3.28. The van der Waals surface area contributed by atoms with Crippen LogP contribution in [0.1, 0.15) is 40.5 Å². The number of rotatable bonds is 1. The zero-order chi connectivity index (χ0) is 11.7. The smallest absolute Gasteiger partial charge is 0.227 e. The molecule has 0 aromatic rings. The number of aliphatic hydroxyl groups excluding tert-OH is 1. The van der Waals surface area contributed by atoms with E-state index in [2.05, 4.69) is 6.92 Å². The Morgan fingerprint density at radius 2 is 1.80 bits per heavy atom. The number of piperidine rings is 1. The second-order valence-electron chi connectivity index (χ2n) is 6.01. The normalized spacial score (nSPS) is 21.5. The van der Waals surface area contributed by atoms with E-state index in [1.54, 1.807) is 0 Å². The molecule has 1 amide bonds. The minimum absolute atomic E-state index is 0.0225. The summed E-state index contributed by atoms with van der Waals surface area (Å²) in [6, 6.07) is 0. The number of carbonyl (C=O) groups excluding carboxylic acids is 1. The molecule has 0 unspecified atom stereocenters. The molecule has 15 heavy (non-hydrogen) atoms. The van der Waals surface area contributed by atoms with Crippen molar-refractivity contribution in [3.63, 3.8) is 0 Å². The van der Waals surface area contributed by atoms with Gasteiger partial charge in [0.05, 0.1) is 0 Å². The first-order chi connectivity index (χ1) is 6.78. The van der Waals surface area contributed by atoms with Gasteiger partial charge in [-0.1, -0.05) is 27.7 Å². The topological polar surface area (TPSA) is 40.5 Å². The van der Waals surface area contributed by atoms with Gasteiger partial charge in [-0.05, 0) is 18.3 Å². The number of hydrogen-bond donors (Lipinski definition) is 1. The third-order valence-electron chi connectivity index (χ3n) is 3.28. The standard InChI is InChI=1S/C12H23NO2/c1-11(2,3)10(15)13-7-5-12(4,9-14)6-8-13/h14H,5-9H2,1-4H3. The summed E-state index contributed by atoms with van der Waals surface area (Å²) in [4.78, 5) is 13.9. The van der Waals surface area contributed by atoms with Crippen molar-refractivity contribution < 1.29 is 9.90 Å². The molecular formula is C12H23NO2. The van der Waals surface area contributed by atoms with E-state index in [0.29, 0.717) is 0 Å². The van der Waals surface area contributed by atoms with Gasteiger partial charge in [-0.2, -0.15) is 0 Å². The molecule has 3 nitrogen and oxygen atoms in total. The lowest BCUT2D eigenvalue weighted by molar-refractivity contribution is -0.142. The zero-order valence-electron chi connectivity index (χ0n) is 10.3. The molecule has 88 valence electrons. The van der Waals surface area contributed by atoms with Crippen LogP contribution in [0, 0.1) is 10.8 Å². The minimum atomic E-state index is -0.285. The maximum Gasteiger partial charge on any atom is 0.227 e. The molecule has 0 saturated carbocycles. The molecule has 1 fully saturated rings. The fourth-order valence-electron chi connectivity index (χ4n) is 1.88. The molecule has 1 aliphatic heterocycles. The van der Waals surface area contributed by atoms with Gasteiger partial charge in [0.15, 0.2) is 0 Å². The molecule has 1 rings (SSSR count). The average molecular weight is 213 g/mol. The fourth-order valence-corrected chi connectivity index (χ4v) is 1.88. The van der Waals surface area contributed by atoms with E-state index < -0.39 is 0 Å². The molecule has 0 atom stereocenters. The highest BCUT2D eigenvalue weighted by Crippen LogP contribution is 2.31. The third kappa shape index (κ3) is 2.94. The Hall–Kier alpha value is -0.570. The molecule has 0 aliphatic carbocycles. The molecule has 3 heteroatoms. The quantitative estimate of drug-likeness (QED) is 0.719. The molecule has 0 aromatic heterocycles. The van der Waals surface area contributed by atoms with Gasteiger partial charge in [0, 0.05) is 25.1 Å². The maximum atomic E-state index is 12.0. The first kappa shape index (κ1) is 12.5. The van der Waals surface area contributed by atoms with Crippen molar-refractivity contribution in [2.45, 2.75) is 40.5 Å². The first-order valence-electron chi connectivity index (χ1n) is 5.69. The van der Waals surface area contributed by atoms with Gasteiger partial charge in [0.25, 0.3) is 0 Å². The van der Waals surface area contributed by atoms with Gasteiger partial charge in [-0.15, -0.1) is 0 Å². The highest BCUT2D eigenvalue weighted by molar-refractivity contribution is 5.81. The van der Waals surface area contributed by atoms with Crippen molar-refractivity contribution in [2.75, 3.05) is 19.7 Å². The van der Waals surface area contributed by atoms with Crippen molar-refractivity contribution in [3.05, 3.63) is 0 Å². The molecule has 1 N–H and O–H groups in total. The van der Waals surface area contributed by atoms with Crippen LogP contribution in [0.15, 0.2) is 0 Å². The monoisotopic (exact) mass is 213 g/mol. The number of aliphatic hydroxyl groups is 1. The second-order valence-corrected chi connectivity index (χ2v) is 6.01. The zero-order valence-corrected chi connectivity index (χ0v) is 10.3. The summed E-state index contributed by atoms with van der Waals surface area (Å²) in [6.07, 6.45) is 1.82. The van der Waals surface area contributed by atoms with E-state index in [4.69, 9.17) is 0 Å². The largest absolute Gasteiger partial charge is 0.396 e. The summed E-state index contributed by atoms with van der Waals surface area (Å²) in [7, 11) is 0. The second kappa shape index (κ2) is 4.12. The number of amides is 1. The van der Waals surface area contributed by atoms with Crippen LogP contribution >= 0.6 is 0 Å². The fraction of sp³-hybridized carbons (Fsp3) is 0.917. The summed E-state index contributed by atoms with van der Waals surface area (Å²) >= 11 is 0. The molecule has 1 saturated heterocycles. The van der Waals surface area contributed by atoms with Crippen molar-refractivity contribution in [1.82, 2.24) is 4.90 Å². The summed E-state index contributed by atoms with van der Waals surface area (Å²) in [5.74, 6) is 0.225. The van der Waals surface area contributed by atoms with E-state index in [1.807, 2.05) is 25.7 Å². The van der Waals surface area contributed by atoms with Gasteiger partial charge in [-0.25, -0.2) is 0 Å². The van der Waals surface area contributed by atoms with E-state index >= 15 is 0 Å². The van der Waals surface area contributed by atoms with Gasteiger partial charge in [0.1, 0.15) is 0 Å². The van der Waals surface area contributed by atoms with Crippen LogP contribution in [-0.2, 0) is 4.79 Å². The Morgan fingerprint density at radius 1 is 1.33 bits per heavy atom. The maximum absolute atomic E-state index is 12.0. The number of hydrogen-bond acceptors (Lipinski definition) is 2. The lowest BCUT2D eigenvalue weighted by Gasteiger charge is -2.40. The van der Waals surface area contributed by atoms with Crippen LogP contribution in [-0.4, -0.2) is 35.6 Å². The van der Waals surface area contributed by atoms with E-state index in [-0.39, 0.29) is 23.3 Å². The SMILES string of the molecule is CC1(CO)CCN(C(=O)C(C)(C)C)CC1. The molecular weight excluding hydrogens is 190 g/mol. The Bertz CT molecular complexity index is 234. The van der Waals surface area contributed by atoms with Crippen LogP contribution in [0.25, 0.3) is 0 Å². The van der Waals surface area contributed by atoms with E-state index in [0.717, 1.165) is 25.9 Å². The minimum Gasteiger partial charge on any atom is -0.396 e. The van der Waals surface area contributed by atoms with Gasteiger partial charge < -0.3 is 10.0 Å². The van der Waals surface area contributed by atoms with Crippen LogP contribution in [0.3, 0.4) is 0 Å². The predicted octanol–water partition coefficient (Wildman–Crippen LogP) is 1.65. The van der Waals surface area contributed by atoms with Gasteiger partial charge >= 0.3 is 0 Å². The molecule has 1 aliphatic rings. The highest BCUT2D eigenvalue weighted by atomic mass is 16.3. The lowest BCUT2D eigenvalue weighted by atomic mass is 9.80. The van der Waals surface area contributed by atoms with Crippen molar-refractivity contribution in [3.8, 4) is 0 Å².